The summed E-state index contributed by atoms with van der Waals surface area (Å²) in [5.41, 5.74) is 0.931. The second kappa shape index (κ2) is 4.93. The lowest BCUT2D eigenvalue weighted by Crippen LogP contribution is -2.48. The first-order valence-corrected chi connectivity index (χ1v) is 6.52. The third kappa shape index (κ3) is 2.41. The van der Waals surface area contributed by atoms with Gasteiger partial charge < -0.3 is 9.80 Å². The van der Waals surface area contributed by atoms with Crippen molar-refractivity contribution in [2.24, 2.45) is 0 Å². The Labute approximate surface area is 99.9 Å². The van der Waals surface area contributed by atoms with Gasteiger partial charge in [-0.05, 0) is 13.5 Å². The van der Waals surface area contributed by atoms with Crippen LogP contribution < -0.4 is 0 Å². The van der Waals surface area contributed by atoms with Crippen molar-refractivity contribution in [3.05, 3.63) is 16.1 Å². The van der Waals surface area contributed by atoms with E-state index in [1.54, 1.807) is 0 Å². The van der Waals surface area contributed by atoms with E-state index in [0.717, 1.165) is 38.4 Å². The highest BCUT2D eigenvalue weighted by Crippen LogP contribution is 2.13. The van der Waals surface area contributed by atoms with E-state index in [1.807, 2.05) is 17.2 Å². The number of likely N-dealkylation sites (N-methyl/N-ethyl adjacent to an activating group) is 1. The molecule has 5 heteroatoms. The third-order valence-corrected chi connectivity index (χ3v) is 3.86. The number of thiazole rings is 1. The van der Waals surface area contributed by atoms with Crippen LogP contribution in [0.2, 0.25) is 0 Å². The lowest BCUT2D eigenvalue weighted by molar-refractivity contribution is 0.0643. The van der Waals surface area contributed by atoms with Crippen molar-refractivity contribution in [1.82, 2.24) is 14.8 Å². The zero-order valence-corrected chi connectivity index (χ0v) is 10.6. The average molecular weight is 239 g/mol. The molecule has 2 heterocycles. The van der Waals surface area contributed by atoms with Crippen LogP contribution in [0.5, 0.6) is 0 Å². The van der Waals surface area contributed by atoms with Crippen LogP contribution in [-0.2, 0) is 0 Å². The Kier molecular flexibility index (Phi) is 3.56. The molecule has 1 aromatic heterocycles. The molecule has 0 atom stereocenters. The van der Waals surface area contributed by atoms with Crippen molar-refractivity contribution in [2.45, 2.75) is 13.8 Å². The van der Waals surface area contributed by atoms with E-state index in [9.17, 15) is 4.79 Å². The number of hydrogen-bond acceptors (Lipinski definition) is 4. The minimum atomic E-state index is 0.0915. The molecule has 4 nitrogen and oxygen atoms in total. The topological polar surface area (TPSA) is 36.4 Å². The number of hydrogen-bond donors (Lipinski definition) is 0. The van der Waals surface area contributed by atoms with Crippen LogP contribution >= 0.6 is 11.3 Å². The fraction of sp³-hybridized carbons (Fsp3) is 0.636. The van der Waals surface area contributed by atoms with Gasteiger partial charge in [0.15, 0.2) is 5.01 Å². The van der Waals surface area contributed by atoms with Gasteiger partial charge in [0.05, 0.1) is 0 Å². The average Bonchev–Trinajstić information content (AvgIpc) is 2.75. The van der Waals surface area contributed by atoms with Gasteiger partial charge in [-0.3, -0.25) is 4.79 Å². The summed E-state index contributed by atoms with van der Waals surface area (Å²) >= 11 is 1.44. The Balaban J connectivity index is 1.96. The van der Waals surface area contributed by atoms with Gasteiger partial charge in [-0.2, -0.15) is 0 Å². The van der Waals surface area contributed by atoms with Crippen molar-refractivity contribution in [2.75, 3.05) is 32.7 Å². The molecular weight excluding hydrogens is 222 g/mol. The molecule has 0 radical (unpaired) electrons. The molecule has 16 heavy (non-hydrogen) atoms. The van der Waals surface area contributed by atoms with Gasteiger partial charge in [0.1, 0.15) is 0 Å². The van der Waals surface area contributed by atoms with Gasteiger partial charge in [-0.25, -0.2) is 4.98 Å². The predicted octanol–water partition coefficient (Wildman–Crippen LogP) is 1.23. The molecule has 0 bridgehead atoms. The third-order valence-electron chi connectivity index (χ3n) is 2.91. The smallest absolute Gasteiger partial charge is 0.282 e. The van der Waals surface area contributed by atoms with Crippen molar-refractivity contribution < 1.29 is 4.79 Å². The number of carbonyl (C=O) groups excluding carboxylic acids is 1. The number of aryl methyl sites for hydroxylation is 1. The zero-order valence-electron chi connectivity index (χ0n) is 9.77. The number of rotatable bonds is 2. The Hall–Kier alpha value is -0.940. The summed E-state index contributed by atoms with van der Waals surface area (Å²) in [6, 6.07) is 0. The Bertz CT molecular complexity index is 369. The van der Waals surface area contributed by atoms with Crippen molar-refractivity contribution in [3.63, 3.8) is 0 Å². The summed E-state index contributed by atoms with van der Waals surface area (Å²) in [5.74, 6) is 0.0915. The van der Waals surface area contributed by atoms with Crippen LogP contribution in [0.15, 0.2) is 5.38 Å². The monoisotopic (exact) mass is 239 g/mol. The van der Waals surface area contributed by atoms with E-state index in [4.69, 9.17) is 0 Å². The van der Waals surface area contributed by atoms with Gasteiger partial charge in [0.25, 0.3) is 5.91 Å². The van der Waals surface area contributed by atoms with Crippen molar-refractivity contribution >= 4 is 17.2 Å². The van der Waals surface area contributed by atoms with Crippen LogP contribution in [0, 0.1) is 6.92 Å². The van der Waals surface area contributed by atoms with E-state index in [0.29, 0.717) is 5.01 Å². The van der Waals surface area contributed by atoms with Crippen molar-refractivity contribution in [1.29, 1.82) is 0 Å². The first-order valence-electron chi connectivity index (χ1n) is 5.64. The molecule has 0 unspecified atom stereocenters. The van der Waals surface area contributed by atoms with Crippen LogP contribution in [0.25, 0.3) is 0 Å². The van der Waals surface area contributed by atoms with E-state index < -0.39 is 0 Å². The van der Waals surface area contributed by atoms with Crippen LogP contribution in [0.1, 0.15) is 22.4 Å². The molecule has 1 amide bonds. The second-order valence-corrected chi connectivity index (χ2v) is 4.88. The van der Waals surface area contributed by atoms with E-state index in [-0.39, 0.29) is 5.91 Å². The summed E-state index contributed by atoms with van der Waals surface area (Å²) in [7, 11) is 0. The van der Waals surface area contributed by atoms with E-state index in [1.165, 1.54) is 11.3 Å². The van der Waals surface area contributed by atoms with E-state index >= 15 is 0 Å². The fourth-order valence-corrected chi connectivity index (χ4v) is 2.62. The fourth-order valence-electron chi connectivity index (χ4n) is 1.85. The quantitative estimate of drug-likeness (QED) is 0.779. The highest BCUT2D eigenvalue weighted by Gasteiger charge is 2.22. The molecule has 88 valence electrons. The maximum atomic E-state index is 12.1. The van der Waals surface area contributed by atoms with Gasteiger partial charge in [0, 0.05) is 37.3 Å². The molecule has 1 aliphatic heterocycles. The number of aromatic nitrogens is 1. The van der Waals surface area contributed by atoms with Gasteiger partial charge in [-0.1, -0.05) is 6.92 Å². The number of nitrogens with zero attached hydrogens (tertiary/aromatic N) is 3. The predicted molar refractivity (Wildman–Crippen MR) is 64.9 cm³/mol. The summed E-state index contributed by atoms with van der Waals surface area (Å²) in [4.78, 5) is 20.6. The van der Waals surface area contributed by atoms with Gasteiger partial charge in [0.2, 0.25) is 0 Å². The molecule has 0 aliphatic carbocycles. The molecule has 2 rings (SSSR count). The second-order valence-electron chi connectivity index (χ2n) is 4.02. The molecule has 1 fully saturated rings. The van der Waals surface area contributed by atoms with Crippen LogP contribution in [0.3, 0.4) is 0 Å². The molecule has 1 aromatic rings. The van der Waals surface area contributed by atoms with Crippen LogP contribution in [-0.4, -0.2) is 53.4 Å². The lowest BCUT2D eigenvalue weighted by atomic mass is 10.3. The SMILES string of the molecule is CCN1CCN(C(=O)c2nc(C)cs2)CC1. The zero-order chi connectivity index (χ0) is 11.5. The minimum Gasteiger partial charge on any atom is -0.334 e. The molecule has 1 saturated heterocycles. The maximum absolute atomic E-state index is 12.1. The number of carbonyl (C=O) groups is 1. The molecular formula is C11H17N3OS. The standard InChI is InChI=1S/C11H17N3OS/c1-3-13-4-6-14(7-5-13)11(15)10-12-9(2)8-16-10/h8H,3-7H2,1-2H3. The number of piperazine rings is 1. The molecule has 1 aliphatic rings. The van der Waals surface area contributed by atoms with Gasteiger partial charge >= 0.3 is 0 Å². The van der Waals surface area contributed by atoms with E-state index in [2.05, 4.69) is 16.8 Å². The minimum absolute atomic E-state index is 0.0915. The molecule has 0 N–H and O–H groups in total. The molecule has 0 spiro atoms. The Morgan fingerprint density at radius 3 is 2.62 bits per heavy atom. The highest BCUT2D eigenvalue weighted by atomic mass is 32.1. The molecule has 0 saturated carbocycles. The maximum Gasteiger partial charge on any atom is 0.282 e. The summed E-state index contributed by atoms with van der Waals surface area (Å²) in [6.45, 7) is 8.75. The first-order chi connectivity index (χ1) is 7.70. The summed E-state index contributed by atoms with van der Waals surface area (Å²) in [6.07, 6.45) is 0. The van der Waals surface area contributed by atoms with Crippen molar-refractivity contribution in [3.8, 4) is 0 Å². The molecule has 0 aromatic carbocycles. The van der Waals surface area contributed by atoms with Gasteiger partial charge in [-0.15, -0.1) is 11.3 Å². The Morgan fingerprint density at radius 2 is 2.12 bits per heavy atom. The highest BCUT2D eigenvalue weighted by molar-refractivity contribution is 7.11. The lowest BCUT2D eigenvalue weighted by Gasteiger charge is -2.33. The normalized spacial score (nSPS) is 17.8. The van der Waals surface area contributed by atoms with Crippen LogP contribution in [0.4, 0.5) is 0 Å². The number of amides is 1. The first kappa shape index (κ1) is 11.5. The Morgan fingerprint density at radius 1 is 1.44 bits per heavy atom. The summed E-state index contributed by atoms with van der Waals surface area (Å²) < 4.78 is 0. The summed E-state index contributed by atoms with van der Waals surface area (Å²) in [5, 5.41) is 2.55. The largest absolute Gasteiger partial charge is 0.334 e.